The van der Waals surface area contributed by atoms with Crippen molar-refractivity contribution >= 4 is 42.0 Å². The van der Waals surface area contributed by atoms with Crippen molar-refractivity contribution in [3.05, 3.63) is 100 Å². The van der Waals surface area contributed by atoms with Gasteiger partial charge in [0.15, 0.2) is 5.78 Å². The van der Waals surface area contributed by atoms with Crippen LogP contribution in [-0.4, -0.2) is 24.0 Å². The second kappa shape index (κ2) is 10.9. The van der Waals surface area contributed by atoms with Crippen molar-refractivity contribution in [1.29, 1.82) is 0 Å². The van der Waals surface area contributed by atoms with Gasteiger partial charge in [-0.25, -0.2) is 0 Å². The van der Waals surface area contributed by atoms with Crippen LogP contribution in [0.3, 0.4) is 0 Å². The summed E-state index contributed by atoms with van der Waals surface area (Å²) in [5, 5.41) is 1.08. The van der Waals surface area contributed by atoms with Crippen molar-refractivity contribution in [2.45, 2.75) is 13.8 Å². The predicted octanol–water partition coefficient (Wildman–Crippen LogP) is 7.78. The monoisotopic (exact) mass is 527 g/mol. The quantitative estimate of drug-likeness (QED) is 0.178. The molecule has 1 heterocycles. The molecule has 0 aliphatic rings. The molecule has 35 heavy (non-hydrogen) atoms. The van der Waals surface area contributed by atoms with Crippen molar-refractivity contribution < 1.29 is 18.4 Å². The molecule has 0 amide bonds. The second-order valence-electron chi connectivity index (χ2n) is 7.64. The van der Waals surface area contributed by atoms with E-state index in [0.717, 1.165) is 0 Å². The first-order valence-corrected chi connectivity index (χ1v) is 13.4. The highest BCUT2D eigenvalue weighted by Crippen LogP contribution is 2.51. The molecule has 0 aliphatic carbocycles. The SMILES string of the molecule is CCOP(=O)(OCC)c1[nH]c(-c2ccc(Cl)cc2)c(C(=O)c2ccc(Cl)cc2)c1-c1ccccc1. The van der Waals surface area contributed by atoms with Crippen LogP contribution in [0.15, 0.2) is 78.9 Å². The fraction of sp³-hybridized carbons (Fsp3) is 0.148. The van der Waals surface area contributed by atoms with Gasteiger partial charge in [0.25, 0.3) is 0 Å². The summed E-state index contributed by atoms with van der Waals surface area (Å²) in [5.41, 5.74) is 3.40. The molecule has 4 rings (SSSR count). The van der Waals surface area contributed by atoms with Gasteiger partial charge in [-0.2, -0.15) is 0 Å². The summed E-state index contributed by atoms with van der Waals surface area (Å²) in [7, 11) is -3.80. The maximum atomic E-state index is 14.0. The molecule has 0 atom stereocenters. The Balaban J connectivity index is 2.08. The number of aromatic amines is 1. The standard InChI is InChI=1S/C27H24Cl2NO4P/c1-3-33-35(32,34-4-2)27-23(18-8-6-5-7-9-18)24(26(31)20-12-16-22(29)17-13-20)25(30-27)19-10-14-21(28)15-11-19/h5-17,30H,3-4H2,1-2H3. The van der Waals surface area contributed by atoms with Gasteiger partial charge in [0.1, 0.15) is 5.44 Å². The first kappa shape index (κ1) is 25.4. The molecule has 0 radical (unpaired) electrons. The Morgan fingerprint density at radius 3 is 1.89 bits per heavy atom. The lowest BCUT2D eigenvalue weighted by atomic mass is 9.93. The number of carbonyl (C=O) groups excluding carboxylic acids is 1. The Hall–Kier alpha value is -2.66. The zero-order chi connectivity index (χ0) is 25.0. The molecule has 0 bridgehead atoms. The molecule has 1 N–H and O–H groups in total. The van der Waals surface area contributed by atoms with Crippen LogP contribution in [0.2, 0.25) is 10.0 Å². The van der Waals surface area contributed by atoms with Crippen molar-refractivity contribution in [3.63, 3.8) is 0 Å². The molecule has 0 spiro atoms. The number of benzene rings is 3. The van der Waals surface area contributed by atoms with Crippen LogP contribution in [0.1, 0.15) is 29.8 Å². The number of hydrogen-bond donors (Lipinski definition) is 1. The third-order valence-electron chi connectivity index (χ3n) is 5.38. The summed E-state index contributed by atoms with van der Waals surface area (Å²) in [6.45, 7) is 3.83. The molecule has 8 heteroatoms. The van der Waals surface area contributed by atoms with E-state index in [4.69, 9.17) is 32.2 Å². The number of hydrogen-bond acceptors (Lipinski definition) is 4. The van der Waals surface area contributed by atoms with Crippen molar-refractivity contribution in [2.75, 3.05) is 13.2 Å². The second-order valence-corrected chi connectivity index (χ2v) is 10.5. The number of carbonyl (C=O) groups is 1. The number of ketones is 1. The van der Waals surface area contributed by atoms with E-state index in [1.54, 1.807) is 62.4 Å². The maximum Gasteiger partial charge on any atom is 0.378 e. The summed E-state index contributed by atoms with van der Waals surface area (Å²) >= 11 is 12.2. The van der Waals surface area contributed by atoms with Crippen LogP contribution < -0.4 is 5.44 Å². The lowest BCUT2D eigenvalue weighted by Gasteiger charge is -2.18. The maximum absolute atomic E-state index is 14.0. The summed E-state index contributed by atoms with van der Waals surface area (Å²) in [4.78, 5) is 17.3. The molecule has 180 valence electrons. The van der Waals surface area contributed by atoms with Crippen molar-refractivity contribution in [1.82, 2.24) is 4.98 Å². The third kappa shape index (κ3) is 5.30. The minimum Gasteiger partial charge on any atom is -0.347 e. The number of H-pyrrole nitrogens is 1. The topological polar surface area (TPSA) is 68.4 Å². The Bertz CT molecular complexity index is 1360. The van der Waals surface area contributed by atoms with Crippen molar-refractivity contribution in [3.8, 4) is 22.4 Å². The Labute approximate surface area is 214 Å². The highest BCUT2D eigenvalue weighted by atomic mass is 35.5. The molecule has 0 unspecified atom stereocenters. The summed E-state index contributed by atoms with van der Waals surface area (Å²) in [6, 6.07) is 23.1. The lowest BCUT2D eigenvalue weighted by molar-refractivity contribution is 0.104. The first-order valence-electron chi connectivity index (χ1n) is 11.1. The smallest absolute Gasteiger partial charge is 0.347 e. The molecule has 0 aliphatic heterocycles. The Morgan fingerprint density at radius 1 is 0.800 bits per heavy atom. The molecule has 1 aromatic heterocycles. The summed E-state index contributed by atoms with van der Waals surface area (Å²) in [6.07, 6.45) is 0. The molecule has 3 aromatic carbocycles. The van der Waals surface area contributed by atoms with Gasteiger partial charge in [0.2, 0.25) is 0 Å². The average molecular weight is 528 g/mol. The predicted molar refractivity (Wildman–Crippen MR) is 142 cm³/mol. The van der Waals surface area contributed by atoms with E-state index in [9.17, 15) is 9.36 Å². The fourth-order valence-electron chi connectivity index (χ4n) is 3.89. The number of nitrogens with one attached hydrogen (secondary N) is 1. The van der Waals surface area contributed by atoms with E-state index < -0.39 is 7.60 Å². The van der Waals surface area contributed by atoms with Gasteiger partial charge in [-0.15, -0.1) is 0 Å². The van der Waals surface area contributed by atoms with E-state index in [1.165, 1.54) is 0 Å². The van der Waals surface area contributed by atoms with Gasteiger partial charge >= 0.3 is 7.60 Å². The number of halogens is 2. The molecule has 0 fully saturated rings. The van der Waals surface area contributed by atoms with Crippen LogP contribution in [0.5, 0.6) is 0 Å². The Morgan fingerprint density at radius 2 is 1.34 bits per heavy atom. The Kier molecular flexibility index (Phi) is 7.95. The average Bonchev–Trinajstić information content (AvgIpc) is 3.27. The zero-order valence-electron chi connectivity index (χ0n) is 19.3. The largest absolute Gasteiger partial charge is 0.378 e. The van der Waals surface area contributed by atoms with Gasteiger partial charge < -0.3 is 14.0 Å². The van der Waals surface area contributed by atoms with E-state index in [2.05, 4.69) is 4.98 Å². The molecular weight excluding hydrogens is 504 g/mol. The zero-order valence-corrected chi connectivity index (χ0v) is 21.7. The van der Waals surface area contributed by atoms with Gasteiger partial charge in [-0.05, 0) is 61.4 Å². The molecule has 5 nitrogen and oxygen atoms in total. The third-order valence-corrected chi connectivity index (χ3v) is 7.96. The van der Waals surface area contributed by atoms with E-state index in [1.807, 2.05) is 30.3 Å². The van der Waals surface area contributed by atoms with E-state index in [-0.39, 0.29) is 24.4 Å². The highest BCUT2D eigenvalue weighted by molar-refractivity contribution is 7.62. The molecule has 4 aromatic rings. The summed E-state index contributed by atoms with van der Waals surface area (Å²) in [5.74, 6) is -0.257. The summed E-state index contributed by atoms with van der Waals surface area (Å²) < 4.78 is 25.4. The highest BCUT2D eigenvalue weighted by Gasteiger charge is 2.37. The fourth-order valence-corrected chi connectivity index (χ4v) is 5.92. The molecular formula is C27H24Cl2NO4P. The molecule has 0 saturated heterocycles. The van der Waals surface area contributed by atoms with E-state index in [0.29, 0.717) is 43.6 Å². The van der Waals surface area contributed by atoms with Crippen LogP contribution >= 0.6 is 30.8 Å². The first-order chi connectivity index (χ1) is 16.9. The van der Waals surface area contributed by atoms with Crippen molar-refractivity contribution in [2.24, 2.45) is 0 Å². The minimum atomic E-state index is -3.80. The number of rotatable bonds is 9. The van der Waals surface area contributed by atoms with Gasteiger partial charge in [0.05, 0.1) is 24.5 Å². The van der Waals surface area contributed by atoms with Crippen LogP contribution in [0.25, 0.3) is 22.4 Å². The van der Waals surface area contributed by atoms with Gasteiger partial charge in [-0.1, -0.05) is 65.7 Å². The van der Waals surface area contributed by atoms with Crippen LogP contribution in [-0.2, 0) is 13.6 Å². The van der Waals surface area contributed by atoms with Gasteiger partial charge in [0, 0.05) is 21.2 Å². The minimum absolute atomic E-state index is 0.168. The molecule has 0 saturated carbocycles. The van der Waals surface area contributed by atoms with Gasteiger partial charge in [-0.3, -0.25) is 9.36 Å². The lowest BCUT2D eigenvalue weighted by Crippen LogP contribution is -2.15. The van der Waals surface area contributed by atoms with Crippen LogP contribution in [0.4, 0.5) is 0 Å². The number of aromatic nitrogens is 1. The normalized spacial score (nSPS) is 11.5. The van der Waals surface area contributed by atoms with E-state index >= 15 is 0 Å². The van der Waals surface area contributed by atoms with Crippen LogP contribution in [0, 0.1) is 0 Å².